The Bertz CT molecular complexity index is 113. The summed E-state index contributed by atoms with van der Waals surface area (Å²) in [4.78, 5) is 0. The van der Waals surface area contributed by atoms with Crippen molar-refractivity contribution < 1.29 is 5.11 Å². The van der Waals surface area contributed by atoms with E-state index in [0.717, 1.165) is 25.4 Å². The highest BCUT2D eigenvalue weighted by Gasteiger charge is 2.05. The van der Waals surface area contributed by atoms with E-state index in [-0.39, 0.29) is 6.10 Å². The second-order valence-electron chi connectivity index (χ2n) is 4.67. The summed E-state index contributed by atoms with van der Waals surface area (Å²) in [5, 5.41) is 12.8. The largest absolute Gasteiger partial charge is 0.392 e. The van der Waals surface area contributed by atoms with Gasteiger partial charge in [-0.1, -0.05) is 27.7 Å². The highest BCUT2D eigenvalue weighted by molar-refractivity contribution is 4.62. The van der Waals surface area contributed by atoms with Crippen molar-refractivity contribution in [1.82, 2.24) is 5.32 Å². The Hall–Kier alpha value is -0.0800. The molecule has 80 valence electrons. The summed E-state index contributed by atoms with van der Waals surface area (Å²) in [7, 11) is 0. The van der Waals surface area contributed by atoms with Crippen molar-refractivity contribution >= 4 is 0 Å². The molecule has 0 radical (unpaired) electrons. The topological polar surface area (TPSA) is 32.3 Å². The van der Waals surface area contributed by atoms with Crippen LogP contribution in [-0.4, -0.2) is 24.3 Å². The van der Waals surface area contributed by atoms with Gasteiger partial charge in [0.25, 0.3) is 0 Å². The van der Waals surface area contributed by atoms with Crippen LogP contribution in [0.4, 0.5) is 0 Å². The van der Waals surface area contributed by atoms with Crippen LogP contribution in [0.5, 0.6) is 0 Å². The van der Waals surface area contributed by atoms with Gasteiger partial charge in [0.1, 0.15) is 0 Å². The van der Waals surface area contributed by atoms with Gasteiger partial charge < -0.3 is 10.4 Å². The number of hydrogen-bond acceptors (Lipinski definition) is 2. The first kappa shape index (κ1) is 12.9. The molecule has 0 aliphatic carbocycles. The molecule has 2 heteroatoms. The molecule has 0 fully saturated rings. The molecule has 2 nitrogen and oxygen atoms in total. The van der Waals surface area contributed by atoms with Crippen LogP contribution < -0.4 is 5.32 Å². The first-order valence-electron chi connectivity index (χ1n) is 5.41. The molecule has 0 amide bonds. The summed E-state index contributed by atoms with van der Waals surface area (Å²) in [6, 6.07) is 0. The van der Waals surface area contributed by atoms with E-state index in [9.17, 15) is 5.11 Å². The lowest BCUT2D eigenvalue weighted by Gasteiger charge is -2.14. The predicted molar refractivity (Wildman–Crippen MR) is 57.8 cm³/mol. The highest BCUT2D eigenvalue weighted by atomic mass is 16.3. The average Bonchev–Trinajstić information content (AvgIpc) is 1.96. The van der Waals surface area contributed by atoms with Crippen molar-refractivity contribution in [2.75, 3.05) is 13.1 Å². The Kier molecular flexibility index (Phi) is 7.29. The lowest BCUT2D eigenvalue weighted by Crippen LogP contribution is -2.29. The molecule has 0 saturated heterocycles. The molecule has 0 aliphatic rings. The molecule has 0 aromatic carbocycles. The van der Waals surface area contributed by atoms with E-state index < -0.39 is 0 Å². The van der Waals surface area contributed by atoms with E-state index in [2.05, 4.69) is 33.0 Å². The smallest absolute Gasteiger partial charge is 0.0667 e. The minimum Gasteiger partial charge on any atom is -0.392 e. The zero-order chi connectivity index (χ0) is 10.3. The van der Waals surface area contributed by atoms with Crippen molar-refractivity contribution in [3.8, 4) is 0 Å². The molecule has 13 heavy (non-hydrogen) atoms. The van der Waals surface area contributed by atoms with Crippen molar-refractivity contribution in [3.05, 3.63) is 0 Å². The minimum atomic E-state index is -0.174. The molecule has 0 aromatic heterocycles. The van der Waals surface area contributed by atoms with Crippen LogP contribution in [0, 0.1) is 11.8 Å². The van der Waals surface area contributed by atoms with Crippen LogP contribution in [0.3, 0.4) is 0 Å². The summed E-state index contributed by atoms with van der Waals surface area (Å²) in [5.74, 6) is 1.33. The highest BCUT2D eigenvalue weighted by Crippen LogP contribution is 2.03. The standard InChI is InChI=1S/C11H25NO/c1-9(2)5-6-12-8-11(13)7-10(3)4/h9-13H,5-8H2,1-4H3. The molecule has 0 aliphatic heterocycles. The van der Waals surface area contributed by atoms with Gasteiger partial charge in [0.2, 0.25) is 0 Å². The maximum atomic E-state index is 9.52. The molecule has 0 bridgehead atoms. The third-order valence-corrected chi connectivity index (χ3v) is 2.02. The molecular formula is C11H25NO. The summed E-state index contributed by atoms with van der Waals surface area (Å²) < 4.78 is 0. The zero-order valence-electron chi connectivity index (χ0n) is 9.51. The summed E-state index contributed by atoms with van der Waals surface area (Å²) >= 11 is 0. The van der Waals surface area contributed by atoms with Gasteiger partial charge in [-0.05, 0) is 31.2 Å². The van der Waals surface area contributed by atoms with Crippen LogP contribution in [0.2, 0.25) is 0 Å². The Labute approximate surface area is 82.7 Å². The maximum absolute atomic E-state index is 9.52. The van der Waals surface area contributed by atoms with E-state index >= 15 is 0 Å². The number of nitrogens with one attached hydrogen (secondary N) is 1. The molecule has 2 N–H and O–H groups in total. The van der Waals surface area contributed by atoms with Gasteiger partial charge in [-0.2, -0.15) is 0 Å². The SMILES string of the molecule is CC(C)CCNCC(O)CC(C)C. The Morgan fingerprint density at radius 3 is 2.15 bits per heavy atom. The van der Waals surface area contributed by atoms with Crippen molar-refractivity contribution in [2.24, 2.45) is 11.8 Å². The Morgan fingerprint density at radius 1 is 1.08 bits per heavy atom. The van der Waals surface area contributed by atoms with Gasteiger partial charge in [0, 0.05) is 6.54 Å². The predicted octanol–water partition coefficient (Wildman–Crippen LogP) is 2.03. The molecular weight excluding hydrogens is 162 g/mol. The van der Waals surface area contributed by atoms with Crippen LogP contribution in [0.1, 0.15) is 40.5 Å². The molecule has 1 unspecified atom stereocenters. The quantitative estimate of drug-likeness (QED) is 0.598. The summed E-state index contributed by atoms with van der Waals surface area (Å²) in [6.07, 6.45) is 1.91. The van der Waals surface area contributed by atoms with Gasteiger partial charge in [-0.3, -0.25) is 0 Å². The third-order valence-electron chi connectivity index (χ3n) is 2.02. The van der Waals surface area contributed by atoms with Gasteiger partial charge >= 0.3 is 0 Å². The van der Waals surface area contributed by atoms with Crippen LogP contribution in [0.15, 0.2) is 0 Å². The van der Waals surface area contributed by atoms with Gasteiger partial charge in [0.05, 0.1) is 6.10 Å². The monoisotopic (exact) mass is 187 g/mol. The average molecular weight is 187 g/mol. The second-order valence-corrected chi connectivity index (χ2v) is 4.67. The summed E-state index contributed by atoms with van der Waals surface area (Å²) in [6.45, 7) is 10.5. The molecule has 0 aromatic rings. The normalized spacial score (nSPS) is 14.1. The summed E-state index contributed by atoms with van der Waals surface area (Å²) in [5.41, 5.74) is 0. The fourth-order valence-electron chi connectivity index (χ4n) is 1.29. The lowest BCUT2D eigenvalue weighted by molar-refractivity contribution is 0.146. The van der Waals surface area contributed by atoms with Crippen LogP contribution in [0.25, 0.3) is 0 Å². The van der Waals surface area contributed by atoms with E-state index in [0.29, 0.717) is 5.92 Å². The van der Waals surface area contributed by atoms with Crippen LogP contribution >= 0.6 is 0 Å². The van der Waals surface area contributed by atoms with E-state index in [1.165, 1.54) is 6.42 Å². The second kappa shape index (κ2) is 7.34. The number of aliphatic hydroxyl groups excluding tert-OH is 1. The van der Waals surface area contributed by atoms with Crippen molar-refractivity contribution in [2.45, 2.75) is 46.6 Å². The fraction of sp³-hybridized carbons (Fsp3) is 1.00. The number of aliphatic hydroxyl groups is 1. The molecule has 0 saturated carbocycles. The first-order chi connectivity index (χ1) is 6.02. The lowest BCUT2D eigenvalue weighted by atomic mass is 10.1. The van der Waals surface area contributed by atoms with Crippen molar-refractivity contribution in [1.29, 1.82) is 0 Å². The third kappa shape index (κ3) is 9.84. The number of hydrogen-bond donors (Lipinski definition) is 2. The Morgan fingerprint density at radius 2 is 1.69 bits per heavy atom. The molecule has 0 heterocycles. The van der Waals surface area contributed by atoms with Gasteiger partial charge in [0.15, 0.2) is 0 Å². The Balaban J connectivity index is 3.22. The van der Waals surface area contributed by atoms with Gasteiger partial charge in [-0.15, -0.1) is 0 Å². The van der Waals surface area contributed by atoms with Gasteiger partial charge in [-0.25, -0.2) is 0 Å². The van der Waals surface area contributed by atoms with E-state index in [4.69, 9.17) is 0 Å². The molecule has 1 atom stereocenters. The minimum absolute atomic E-state index is 0.174. The zero-order valence-corrected chi connectivity index (χ0v) is 9.51. The van der Waals surface area contributed by atoms with E-state index in [1.54, 1.807) is 0 Å². The van der Waals surface area contributed by atoms with Crippen molar-refractivity contribution in [3.63, 3.8) is 0 Å². The first-order valence-corrected chi connectivity index (χ1v) is 5.41. The van der Waals surface area contributed by atoms with E-state index in [1.807, 2.05) is 0 Å². The van der Waals surface area contributed by atoms with Crippen LogP contribution in [-0.2, 0) is 0 Å². The molecule has 0 spiro atoms. The maximum Gasteiger partial charge on any atom is 0.0667 e. The fourth-order valence-corrected chi connectivity index (χ4v) is 1.29. The number of rotatable bonds is 7. The molecule has 0 rings (SSSR count).